The zero-order valence-electron chi connectivity index (χ0n) is 8.35. The van der Waals surface area contributed by atoms with Gasteiger partial charge in [0.2, 0.25) is 11.8 Å². The molecule has 6 nitrogen and oxygen atoms in total. The first-order valence-electron chi connectivity index (χ1n) is 5.12. The number of carbonyl (C=O) groups excluding carboxylic acids is 2. The molecule has 1 unspecified atom stereocenters. The van der Waals surface area contributed by atoms with E-state index in [9.17, 15) is 14.7 Å². The van der Waals surface area contributed by atoms with Crippen molar-refractivity contribution >= 4 is 11.8 Å². The van der Waals surface area contributed by atoms with Gasteiger partial charge in [0.15, 0.2) is 0 Å². The van der Waals surface area contributed by atoms with Crippen molar-refractivity contribution in [2.75, 3.05) is 13.2 Å². The summed E-state index contributed by atoms with van der Waals surface area (Å²) in [4.78, 5) is 25.0. The molecule has 2 aliphatic rings. The number of amides is 2. The second-order valence-corrected chi connectivity index (χ2v) is 4.07. The van der Waals surface area contributed by atoms with E-state index in [2.05, 4.69) is 0 Å². The Hall–Kier alpha value is -1.14. The van der Waals surface area contributed by atoms with Crippen LogP contribution in [0.15, 0.2) is 0 Å². The van der Waals surface area contributed by atoms with Gasteiger partial charge in [-0.05, 0) is 12.8 Å². The fourth-order valence-electron chi connectivity index (χ4n) is 2.72. The summed E-state index contributed by atoms with van der Waals surface area (Å²) in [6.45, 7) is 0.541. The standard InChI is InChI=1S/C9H15N3O3/c10-11-8(14)7-5(4-13)6-2-1-3-12(6)9(7)15/h5-7,13H,1-4,10H2,(H,11,14)/t5-,6-,7?/m0/s1. The third kappa shape index (κ3) is 1.40. The first-order chi connectivity index (χ1) is 7.20. The van der Waals surface area contributed by atoms with Gasteiger partial charge in [-0.15, -0.1) is 0 Å². The minimum atomic E-state index is -0.801. The lowest BCUT2D eigenvalue weighted by atomic mass is 9.89. The fourth-order valence-corrected chi connectivity index (χ4v) is 2.72. The van der Waals surface area contributed by atoms with Crippen molar-refractivity contribution in [2.45, 2.75) is 18.9 Å². The van der Waals surface area contributed by atoms with Crippen LogP contribution in [0.2, 0.25) is 0 Å². The number of aliphatic hydroxyl groups is 1. The second-order valence-electron chi connectivity index (χ2n) is 4.07. The Kier molecular flexibility index (Phi) is 2.62. The van der Waals surface area contributed by atoms with E-state index < -0.39 is 11.8 Å². The number of hydrogen-bond acceptors (Lipinski definition) is 4. The molecule has 15 heavy (non-hydrogen) atoms. The highest BCUT2D eigenvalue weighted by atomic mass is 16.3. The van der Waals surface area contributed by atoms with Crippen molar-refractivity contribution < 1.29 is 14.7 Å². The van der Waals surface area contributed by atoms with Crippen molar-refractivity contribution in [3.05, 3.63) is 0 Å². The molecular weight excluding hydrogens is 198 g/mol. The van der Waals surface area contributed by atoms with Crippen LogP contribution in [0.1, 0.15) is 12.8 Å². The highest BCUT2D eigenvalue weighted by Crippen LogP contribution is 2.37. The SMILES string of the molecule is NNC(=O)C1C(=O)N2CCC[C@H]2[C@@H]1CO. The molecule has 0 aromatic heterocycles. The van der Waals surface area contributed by atoms with Crippen molar-refractivity contribution in [2.24, 2.45) is 17.7 Å². The van der Waals surface area contributed by atoms with Crippen LogP contribution in [0.3, 0.4) is 0 Å². The maximum absolute atomic E-state index is 11.9. The molecule has 0 bridgehead atoms. The number of nitrogens with zero attached hydrogens (tertiary/aromatic N) is 1. The zero-order chi connectivity index (χ0) is 11.0. The second kappa shape index (κ2) is 3.79. The van der Waals surface area contributed by atoms with Crippen LogP contribution in [-0.4, -0.2) is 41.0 Å². The highest BCUT2D eigenvalue weighted by Gasteiger charge is 2.52. The number of fused-ring (bicyclic) bond motifs is 1. The van der Waals surface area contributed by atoms with E-state index in [-0.39, 0.29) is 24.5 Å². The average molecular weight is 213 g/mol. The number of hydrogen-bond donors (Lipinski definition) is 3. The third-order valence-corrected chi connectivity index (χ3v) is 3.41. The minimum Gasteiger partial charge on any atom is -0.396 e. The normalized spacial score (nSPS) is 34.4. The summed E-state index contributed by atoms with van der Waals surface area (Å²) in [5.41, 5.74) is 1.99. The summed E-state index contributed by atoms with van der Waals surface area (Å²) < 4.78 is 0. The number of nitrogens with two attached hydrogens (primary N) is 1. The van der Waals surface area contributed by atoms with E-state index in [0.717, 1.165) is 12.8 Å². The van der Waals surface area contributed by atoms with Crippen LogP contribution >= 0.6 is 0 Å². The number of rotatable bonds is 2. The van der Waals surface area contributed by atoms with Crippen molar-refractivity contribution in [1.29, 1.82) is 0 Å². The van der Waals surface area contributed by atoms with Gasteiger partial charge in [0.25, 0.3) is 0 Å². The molecule has 3 atom stereocenters. The molecular formula is C9H15N3O3. The number of nitrogens with one attached hydrogen (secondary N) is 1. The molecule has 0 aliphatic carbocycles. The van der Waals surface area contributed by atoms with Crippen LogP contribution in [0.5, 0.6) is 0 Å². The molecule has 6 heteroatoms. The van der Waals surface area contributed by atoms with Gasteiger partial charge in [0.05, 0.1) is 0 Å². The Morgan fingerprint density at radius 1 is 1.67 bits per heavy atom. The molecule has 2 saturated heterocycles. The molecule has 84 valence electrons. The van der Waals surface area contributed by atoms with Gasteiger partial charge in [-0.1, -0.05) is 0 Å². The van der Waals surface area contributed by atoms with E-state index >= 15 is 0 Å². The van der Waals surface area contributed by atoms with Crippen molar-refractivity contribution in [3.63, 3.8) is 0 Å². The quantitative estimate of drug-likeness (QED) is 0.218. The van der Waals surface area contributed by atoms with E-state index in [0.29, 0.717) is 6.54 Å². The maximum Gasteiger partial charge on any atom is 0.246 e. The van der Waals surface area contributed by atoms with Gasteiger partial charge in [0, 0.05) is 25.1 Å². The Morgan fingerprint density at radius 3 is 3.00 bits per heavy atom. The largest absolute Gasteiger partial charge is 0.396 e. The van der Waals surface area contributed by atoms with Crippen LogP contribution in [-0.2, 0) is 9.59 Å². The zero-order valence-corrected chi connectivity index (χ0v) is 8.35. The molecule has 0 radical (unpaired) electrons. The molecule has 0 aromatic carbocycles. The van der Waals surface area contributed by atoms with E-state index in [1.54, 1.807) is 4.90 Å². The lowest BCUT2D eigenvalue weighted by molar-refractivity contribution is -0.138. The van der Waals surface area contributed by atoms with Crippen LogP contribution in [0.4, 0.5) is 0 Å². The van der Waals surface area contributed by atoms with Crippen molar-refractivity contribution in [3.8, 4) is 0 Å². The topological polar surface area (TPSA) is 95.7 Å². The Morgan fingerprint density at radius 2 is 2.40 bits per heavy atom. The Balaban J connectivity index is 2.24. The Labute approximate surface area is 87.4 Å². The number of aliphatic hydroxyl groups excluding tert-OH is 1. The lowest BCUT2D eigenvalue weighted by Crippen LogP contribution is -2.42. The molecule has 2 amide bonds. The summed E-state index contributed by atoms with van der Waals surface area (Å²) in [6.07, 6.45) is 1.81. The first-order valence-corrected chi connectivity index (χ1v) is 5.12. The molecule has 4 N–H and O–H groups in total. The van der Waals surface area contributed by atoms with Gasteiger partial charge in [-0.25, -0.2) is 5.84 Å². The van der Waals surface area contributed by atoms with Gasteiger partial charge in [0.1, 0.15) is 5.92 Å². The molecule has 0 saturated carbocycles. The summed E-state index contributed by atoms with van der Waals surface area (Å²) in [5, 5.41) is 9.25. The number of hydrazine groups is 1. The lowest BCUT2D eigenvalue weighted by Gasteiger charge is -2.18. The molecule has 2 heterocycles. The molecule has 2 rings (SSSR count). The van der Waals surface area contributed by atoms with E-state index in [1.165, 1.54) is 0 Å². The van der Waals surface area contributed by atoms with Crippen molar-refractivity contribution in [1.82, 2.24) is 10.3 Å². The summed E-state index contributed by atoms with van der Waals surface area (Å²) in [7, 11) is 0. The van der Waals surface area contributed by atoms with Gasteiger partial charge in [-0.3, -0.25) is 15.0 Å². The molecule has 2 fully saturated rings. The predicted molar refractivity (Wildman–Crippen MR) is 51.1 cm³/mol. The summed E-state index contributed by atoms with van der Waals surface area (Å²) in [6, 6.07) is 0.0183. The molecule has 0 aromatic rings. The molecule has 2 aliphatic heterocycles. The highest BCUT2D eigenvalue weighted by molar-refractivity contribution is 6.02. The van der Waals surface area contributed by atoms with E-state index in [1.807, 2.05) is 5.43 Å². The van der Waals surface area contributed by atoms with Gasteiger partial charge < -0.3 is 10.0 Å². The van der Waals surface area contributed by atoms with E-state index in [4.69, 9.17) is 5.84 Å². The minimum absolute atomic E-state index is 0.0183. The third-order valence-electron chi connectivity index (χ3n) is 3.41. The monoisotopic (exact) mass is 213 g/mol. The van der Waals surface area contributed by atoms with Crippen LogP contribution < -0.4 is 11.3 Å². The first kappa shape index (κ1) is 10.4. The summed E-state index contributed by atoms with van der Waals surface area (Å²) >= 11 is 0. The summed E-state index contributed by atoms with van der Waals surface area (Å²) in [5.74, 6) is 3.24. The fraction of sp³-hybridized carbons (Fsp3) is 0.778. The van der Waals surface area contributed by atoms with Gasteiger partial charge in [-0.2, -0.15) is 0 Å². The maximum atomic E-state index is 11.9. The average Bonchev–Trinajstić information content (AvgIpc) is 2.79. The van der Waals surface area contributed by atoms with Crippen LogP contribution in [0.25, 0.3) is 0 Å². The number of carbonyl (C=O) groups is 2. The van der Waals surface area contributed by atoms with Gasteiger partial charge >= 0.3 is 0 Å². The van der Waals surface area contributed by atoms with Crippen LogP contribution in [0, 0.1) is 11.8 Å². The predicted octanol–water partition coefficient (Wildman–Crippen LogP) is -1.79. The smallest absolute Gasteiger partial charge is 0.246 e. The Bertz CT molecular complexity index is 294. The molecule has 0 spiro atoms.